The normalized spacial score (nSPS) is 11.6. The number of hydrogen-bond donors (Lipinski definition) is 2. The first kappa shape index (κ1) is 16.5. The number of anilines is 1. The minimum atomic E-state index is -0.869. The number of ether oxygens (including phenoxy) is 1. The number of amides is 2. The lowest BCUT2D eigenvalue weighted by Crippen LogP contribution is -2.37. The third kappa shape index (κ3) is 3.95. The standard InChI is InChI=1S/C20H18N2O3/c1-25-19(23)18(15-8-3-2-4-9-15)22-20(24)21-17-12-11-14-7-5-6-10-16(14)13-17/h2-13,18H,1H3,(H2,21,22,24). The fourth-order valence-corrected chi connectivity index (χ4v) is 2.61. The van der Waals surface area contributed by atoms with Gasteiger partial charge in [-0.3, -0.25) is 0 Å². The second kappa shape index (κ2) is 7.49. The predicted octanol–water partition coefficient (Wildman–Crippen LogP) is 3.88. The van der Waals surface area contributed by atoms with E-state index in [1.54, 1.807) is 24.3 Å². The molecule has 0 saturated heterocycles. The number of fused-ring (bicyclic) bond motifs is 1. The molecule has 0 fully saturated rings. The van der Waals surface area contributed by atoms with Crippen LogP contribution in [0.5, 0.6) is 0 Å². The van der Waals surface area contributed by atoms with Crippen molar-refractivity contribution in [2.75, 3.05) is 12.4 Å². The van der Waals surface area contributed by atoms with E-state index < -0.39 is 18.0 Å². The van der Waals surface area contributed by atoms with Crippen molar-refractivity contribution in [1.82, 2.24) is 5.32 Å². The number of carbonyl (C=O) groups excluding carboxylic acids is 2. The maximum atomic E-state index is 12.3. The molecule has 5 heteroatoms. The van der Waals surface area contributed by atoms with Crippen molar-refractivity contribution in [3.05, 3.63) is 78.4 Å². The topological polar surface area (TPSA) is 67.4 Å². The second-order valence-electron chi connectivity index (χ2n) is 5.53. The summed E-state index contributed by atoms with van der Waals surface area (Å²) in [4.78, 5) is 24.3. The van der Waals surface area contributed by atoms with E-state index in [1.807, 2.05) is 48.5 Å². The molecule has 0 aliphatic rings. The minimum absolute atomic E-state index is 0.477. The number of urea groups is 1. The summed E-state index contributed by atoms with van der Waals surface area (Å²) in [7, 11) is 1.29. The highest BCUT2D eigenvalue weighted by molar-refractivity contribution is 5.95. The number of nitrogens with one attached hydrogen (secondary N) is 2. The number of benzene rings is 3. The fraction of sp³-hybridized carbons (Fsp3) is 0.100. The van der Waals surface area contributed by atoms with Crippen LogP contribution in [0.3, 0.4) is 0 Å². The third-order valence-corrected chi connectivity index (χ3v) is 3.85. The van der Waals surface area contributed by atoms with Gasteiger partial charge < -0.3 is 15.4 Å². The Morgan fingerprint density at radius 1 is 0.880 bits per heavy atom. The summed E-state index contributed by atoms with van der Waals surface area (Å²) >= 11 is 0. The van der Waals surface area contributed by atoms with Gasteiger partial charge in [-0.05, 0) is 28.5 Å². The molecular formula is C20H18N2O3. The quantitative estimate of drug-likeness (QED) is 0.712. The highest BCUT2D eigenvalue weighted by Crippen LogP contribution is 2.19. The van der Waals surface area contributed by atoms with Gasteiger partial charge in [0.05, 0.1) is 7.11 Å². The van der Waals surface area contributed by atoms with E-state index in [2.05, 4.69) is 10.6 Å². The van der Waals surface area contributed by atoms with Gasteiger partial charge in [-0.25, -0.2) is 9.59 Å². The Kier molecular flexibility index (Phi) is 4.95. The average Bonchev–Trinajstić information content (AvgIpc) is 2.66. The summed E-state index contributed by atoms with van der Waals surface area (Å²) in [5.74, 6) is -0.528. The molecule has 0 aromatic heterocycles. The van der Waals surface area contributed by atoms with Crippen molar-refractivity contribution in [3.63, 3.8) is 0 Å². The molecule has 0 saturated carbocycles. The van der Waals surface area contributed by atoms with Crippen LogP contribution in [0, 0.1) is 0 Å². The molecule has 1 unspecified atom stereocenters. The number of carbonyl (C=O) groups is 2. The third-order valence-electron chi connectivity index (χ3n) is 3.85. The minimum Gasteiger partial charge on any atom is -0.467 e. The zero-order valence-corrected chi connectivity index (χ0v) is 13.7. The molecule has 3 rings (SSSR count). The lowest BCUT2D eigenvalue weighted by Gasteiger charge is -2.17. The van der Waals surface area contributed by atoms with Crippen LogP contribution in [0.15, 0.2) is 72.8 Å². The van der Waals surface area contributed by atoms with Gasteiger partial charge in [0.1, 0.15) is 0 Å². The van der Waals surface area contributed by atoms with Gasteiger partial charge in [0.2, 0.25) is 0 Å². The molecule has 3 aromatic carbocycles. The van der Waals surface area contributed by atoms with Crippen molar-refractivity contribution < 1.29 is 14.3 Å². The average molecular weight is 334 g/mol. The molecule has 0 aliphatic heterocycles. The van der Waals surface area contributed by atoms with E-state index in [-0.39, 0.29) is 0 Å². The van der Waals surface area contributed by atoms with Gasteiger partial charge in [-0.15, -0.1) is 0 Å². The molecule has 126 valence electrons. The molecule has 25 heavy (non-hydrogen) atoms. The summed E-state index contributed by atoms with van der Waals surface area (Å²) in [6.07, 6.45) is 0. The zero-order chi connectivity index (χ0) is 17.6. The Labute approximate surface area is 145 Å². The van der Waals surface area contributed by atoms with Gasteiger partial charge >= 0.3 is 12.0 Å². The van der Waals surface area contributed by atoms with Crippen LogP contribution in [0.1, 0.15) is 11.6 Å². The van der Waals surface area contributed by atoms with Crippen molar-refractivity contribution in [2.45, 2.75) is 6.04 Å². The first-order chi connectivity index (χ1) is 12.2. The second-order valence-corrected chi connectivity index (χ2v) is 5.53. The molecule has 3 aromatic rings. The van der Waals surface area contributed by atoms with E-state index in [0.29, 0.717) is 11.3 Å². The van der Waals surface area contributed by atoms with Crippen LogP contribution in [-0.2, 0) is 9.53 Å². The number of methoxy groups -OCH3 is 1. The van der Waals surface area contributed by atoms with Crippen LogP contribution < -0.4 is 10.6 Å². The van der Waals surface area contributed by atoms with Crippen LogP contribution in [0.2, 0.25) is 0 Å². The summed E-state index contributed by atoms with van der Waals surface area (Å²) in [6, 6.07) is 21.1. The van der Waals surface area contributed by atoms with Crippen LogP contribution in [0.25, 0.3) is 10.8 Å². The molecule has 0 heterocycles. The van der Waals surface area contributed by atoms with Crippen LogP contribution in [0.4, 0.5) is 10.5 Å². The van der Waals surface area contributed by atoms with Gasteiger partial charge in [0.25, 0.3) is 0 Å². The summed E-state index contributed by atoms with van der Waals surface area (Å²) in [5.41, 5.74) is 1.30. The van der Waals surface area contributed by atoms with E-state index in [4.69, 9.17) is 4.74 Å². The lowest BCUT2D eigenvalue weighted by molar-refractivity contribution is -0.143. The molecule has 0 aliphatic carbocycles. The largest absolute Gasteiger partial charge is 0.467 e. The van der Waals surface area contributed by atoms with E-state index in [1.165, 1.54) is 7.11 Å². The van der Waals surface area contributed by atoms with Gasteiger partial charge in [0.15, 0.2) is 6.04 Å². The Bertz CT molecular complexity index is 894. The number of hydrogen-bond acceptors (Lipinski definition) is 3. The molecule has 5 nitrogen and oxygen atoms in total. The molecule has 0 bridgehead atoms. The molecule has 1 atom stereocenters. The predicted molar refractivity (Wildman–Crippen MR) is 97.3 cm³/mol. The highest BCUT2D eigenvalue weighted by Gasteiger charge is 2.23. The van der Waals surface area contributed by atoms with Crippen molar-refractivity contribution >= 4 is 28.5 Å². The Hall–Kier alpha value is -3.34. The van der Waals surface area contributed by atoms with Gasteiger partial charge in [-0.2, -0.15) is 0 Å². The van der Waals surface area contributed by atoms with Crippen molar-refractivity contribution in [3.8, 4) is 0 Å². The monoisotopic (exact) mass is 334 g/mol. The Balaban J connectivity index is 1.75. The van der Waals surface area contributed by atoms with Crippen molar-refractivity contribution in [1.29, 1.82) is 0 Å². The zero-order valence-electron chi connectivity index (χ0n) is 13.7. The van der Waals surface area contributed by atoms with E-state index >= 15 is 0 Å². The summed E-state index contributed by atoms with van der Waals surface area (Å²) in [5, 5.41) is 7.52. The van der Waals surface area contributed by atoms with Gasteiger partial charge in [-0.1, -0.05) is 60.7 Å². The van der Waals surface area contributed by atoms with Gasteiger partial charge in [0, 0.05) is 5.69 Å². The number of esters is 1. The van der Waals surface area contributed by atoms with Crippen LogP contribution in [-0.4, -0.2) is 19.1 Å². The molecular weight excluding hydrogens is 316 g/mol. The molecule has 0 spiro atoms. The maximum Gasteiger partial charge on any atom is 0.333 e. The molecule has 2 N–H and O–H groups in total. The highest BCUT2D eigenvalue weighted by atomic mass is 16.5. The summed E-state index contributed by atoms with van der Waals surface area (Å²) in [6.45, 7) is 0. The van der Waals surface area contributed by atoms with Crippen molar-refractivity contribution in [2.24, 2.45) is 0 Å². The number of rotatable bonds is 4. The fourth-order valence-electron chi connectivity index (χ4n) is 2.61. The first-order valence-corrected chi connectivity index (χ1v) is 7.86. The molecule has 2 amide bonds. The Morgan fingerprint density at radius 2 is 1.56 bits per heavy atom. The van der Waals surface area contributed by atoms with E-state index in [9.17, 15) is 9.59 Å². The maximum absolute atomic E-state index is 12.3. The lowest BCUT2D eigenvalue weighted by atomic mass is 10.1. The first-order valence-electron chi connectivity index (χ1n) is 7.86. The molecule has 0 radical (unpaired) electrons. The SMILES string of the molecule is COC(=O)C(NC(=O)Nc1ccc2ccccc2c1)c1ccccc1. The van der Waals surface area contributed by atoms with E-state index in [0.717, 1.165) is 10.8 Å². The smallest absolute Gasteiger partial charge is 0.333 e. The Morgan fingerprint density at radius 3 is 2.28 bits per heavy atom. The van der Waals surface area contributed by atoms with Crippen LogP contribution >= 0.6 is 0 Å². The summed E-state index contributed by atoms with van der Waals surface area (Å²) < 4.78 is 4.79.